The monoisotopic (exact) mass is 263 g/mol. The Labute approximate surface area is 99.4 Å². The van der Waals surface area contributed by atoms with Crippen LogP contribution in [-0.4, -0.2) is 28.9 Å². The second kappa shape index (κ2) is 5.44. The summed E-state index contributed by atoms with van der Waals surface area (Å²) in [6.45, 7) is 0.209. The molecular weight excluding hydrogens is 249 g/mol. The Morgan fingerprint density at radius 2 is 2.00 bits per heavy atom. The van der Waals surface area contributed by atoms with Crippen LogP contribution in [0, 0.1) is 5.82 Å². The van der Waals surface area contributed by atoms with E-state index in [0.717, 1.165) is 18.4 Å². The summed E-state index contributed by atoms with van der Waals surface area (Å²) in [6.07, 6.45) is 0.942. The standard InChI is InChI=1S/C10H14FNO4S/c1-15-9-5-10(17(3,13)14)8(11)4-7(9)6-12-16-2/h4-5,12H,6H2,1-3H3. The molecule has 0 aliphatic heterocycles. The molecule has 1 rings (SSSR count). The summed E-state index contributed by atoms with van der Waals surface area (Å²) < 4.78 is 41.2. The topological polar surface area (TPSA) is 64.6 Å². The van der Waals surface area contributed by atoms with Crippen LogP contribution in [0.2, 0.25) is 0 Å². The lowest BCUT2D eigenvalue weighted by atomic mass is 10.2. The molecule has 0 amide bonds. The molecule has 17 heavy (non-hydrogen) atoms. The number of hydroxylamine groups is 1. The molecule has 5 nitrogen and oxygen atoms in total. The zero-order valence-corrected chi connectivity index (χ0v) is 10.6. The maximum atomic E-state index is 13.6. The van der Waals surface area contributed by atoms with Crippen LogP contribution in [0.25, 0.3) is 0 Å². The normalized spacial score (nSPS) is 11.5. The zero-order valence-electron chi connectivity index (χ0n) is 9.78. The van der Waals surface area contributed by atoms with Crippen LogP contribution in [0.1, 0.15) is 5.56 Å². The highest BCUT2D eigenvalue weighted by Gasteiger charge is 2.17. The number of nitrogens with one attached hydrogen (secondary N) is 1. The number of halogens is 1. The number of benzene rings is 1. The lowest BCUT2D eigenvalue weighted by Gasteiger charge is -2.11. The molecule has 7 heteroatoms. The van der Waals surface area contributed by atoms with E-state index in [1.807, 2.05) is 0 Å². The molecule has 0 fully saturated rings. The molecule has 96 valence electrons. The first kappa shape index (κ1) is 13.9. The van der Waals surface area contributed by atoms with E-state index in [4.69, 9.17) is 4.74 Å². The molecule has 0 heterocycles. The molecule has 0 atom stereocenters. The Morgan fingerprint density at radius 1 is 1.35 bits per heavy atom. The molecule has 1 N–H and O–H groups in total. The molecule has 0 spiro atoms. The van der Waals surface area contributed by atoms with E-state index in [9.17, 15) is 12.8 Å². The van der Waals surface area contributed by atoms with E-state index in [1.165, 1.54) is 14.2 Å². The van der Waals surface area contributed by atoms with E-state index in [-0.39, 0.29) is 17.2 Å². The van der Waals surface area contributed by atoms with Gasteiger partial charge in [-0.25, -0.2) is 12.8 Å². The number of hydrogen-bond acceptors (Lipinski definition) is 5. The second-order valence-electron chi connectivity index (χ2n) is 3.39. The molecule has 0 unspecified atom stereocenters. The van der Waals surface area contributed by atoms with E-state index in [0.29, 0.717) is 5.56 Å². The van der Waals surface area contributed by atoms with Crippen LogP contribution in [0.4, 0.5) is 4.39 Å². The van der Waals surface area contributed by atoms with Crippen LogP contribution >= 0.6 is 0 Å². The van der Waals surface area contributed by atoms with Crippen molar-refractivity contribution >= 4 is 9.84 Å². The molecule has 0 aliphatic carbocycles. The molecule has 0 bridgehead atoms. The summed E-state index contributed by atoms with van der Waals surface area (Å²) in [5.41, 5.74) is 3.00. The van der Waals surface area contributed by atoms with Crippen molar-refractivity contribution in [1.29, 1.82) is 0 Å². The average Bonchev–Trinajstić information content (AvgIpc) is 2.24. The van der Waals surface area contributed by atoms with Crippen molar-refractivity contribution in [1.82, 2.24) is 5.48 Å². The van der Waals surface area contributed by atoms with E-state index < -0.39 is 15.7 Å². The van der Waals surface area contributed by atoms with Crippen molar-refractivity contribution in [3.8, 4) is 5.75 Å². The van der Waals surface area contributed by atoms with E-state index in [2.05, 4.69) is 10.3 Å². The number of methoxy groups -OCH3 is 1. The first-order valence-corrected chi connectivity index (χ1v) is 6.61. The third-order valence-electron chi connectivity index (χ3n) is 2.14. The van der Waals surface area contributed by atoms with Crippen LogP contribution in [0.15, 0.2) is 17.0 Å². The number of ether oxygens (including phenoxy) is 1. The lowest BCUT2D eigenvalue weighted by molar-refractivity contribution is 0.0860. The summed E-state index contributed by atoms with van der Waals surface area (Å²) in [5, 5.41) is 0. The van der Waals surface area contributed by atoms with Crippen molar-refractivity contribution in [2.75, 3.05) is 20.5 Å². The first-order valence-electron chi connectivity index (χ1n) is 4.72. The summed E-state index contributed by atoms with van der Waals surface area (Å²) in [4.78, 5) is 4.26. The summed E-state index contributed by atoms with van der Waals surface area (Å²) >= 11 is 0. The Kier molecular flexibility index (Phi) is 4.44. The smallest absolute Gasteiger partial charge is 0.178 e. The van der Waals surface area contributed by atoms with Gasteiger partial charge in [-0.15, -0.1) is 0 Å². The van der Waals surface area contributed by atoms with Gasteiger partial charge in [-0.2, -0.15) is 5.48 Å². The molecular formula is C10H14FNO4S. The highest BCUT2D eigenvalue weighted by molar-refractivity contribution is 7.90. The quantitative estimate of drug-likeness (QED) is 0.799. The van der Waals surface area contributed by atoms with Crippen LogP contribution in [0.3, 0.4) is 0 Å². The van der Waals surface area contributed by atoms with Gasteiger partial charge in [-0.3, -0.25) is 0 Å². The molecule has 0 radical (unpaired) electrons. The summed E-state index contributed by atoms with van der Waals surface area (Å²) in [7, 11) is -0.801. The van der Waals surface area contributed by atoms with Crippen molar-refractivity contribution in [2.45, 2.75) is 11.4 Å². The van der Waals surface area contributed by atoms with Gasteiger partial charge in [0.25, 0.3) is 0 Å². The fourth-order valence-electron chi connectivity index (χ4n) is 1.34. The van der Waals surface area contributed by atoms with Gasteiger partial charge in [0.1, 0.15) is 16.5 Å². The second-order valence-corrected chi connectivity index (χ2v) is 5.38. The highest BCUT2D eigenvalue weighted by atomic mass is 32.2. The Bertz CT molecular complexity index is 501. The number of hydrogen-bond donors (Lipinski definition) is 1. The summed E-state index contributed by atoms with van der Waals surface area (Å²) in [5.74, 6) is -0.516. The summed E-state index contributed by atoms with van der Waals surface area (Å²) in [6, 6.07) is 2.28. The maximum absolute atomic E-state index is 13.6. The van der Waals surface area contributed by atoms with Gasteiger partial charge in [0.15, 0.2) is 9.84 Å². The predicted molar refractivity (Wildman–Crippen MR) is 59.9 cm³/mol. The lowest BCUT2D eigenvalue weighted by Crippen LogP contribution is -2.13. The number of sulfone groups is 1. The van der Waals surface area contributed by atoms with Crippen molar-refractivity contribution in [3.05, 3.63) is 23.5 Å². The van der Waals surface area contributed by atoms with Gasteiger partial charge in [-0.1, -0.05) is 0 Å². The molecule has 0 saturated carbocycles. The van der Waals surface area contributed by atoms with Crippen LogP contribution < -0.4 is 10.2 Å². The third-order valence-corrected chi connectivity index (χ3v) is 3.25. The number of rotatable bonds is 5. The van der Waals surface area contributed by atoms with Crippen molar-refractivity contribution < 1.29 is 22.4 Å². The van der Waals surface area contributed by atoms with Gasteiger partial charge in [0.2, 0.25) is 0 Å². The average molecular weight is 263 g/mol. The first-order chi connectivity index (χ1) is 7.90. The SMILES string of the molecule is CONCc1cc(F)c(S(C)(=O)=O)cc1OC. The molecule has 0 aromatic heterocycles. The molecule has 1 aromatic rings. The predicted octanol–water partition coefficient (Wildman–Crippen LogP) is 0.889. The van der Waals surface area contributed by atoms with Gasteiger partial charge >= 0.3 is 0 Å². The van der Waals surface area contributed by atoms with E-state index in [1.54, 1.807) is 0 Å². The van der Waals surface area contributed by atoms with Gasteiger partial charge in [0.05, 0.1) is 14.2 Å². The molecule has 0 aliphatic rings. The minimum atomic E-state index is -3.61. The molecule has 1 aromatic carbocycles. The van der Waals surface area contributed by atoms with Gasteiger partial charge < -0.3 is 9.57 Å². The van der Waals surface area contributed by atoms with E-state index >= 15 is 0 Å². The molecule has 0 saturated heterocycles. The maximum Gasteiger partial charge on any atom is 0.178 e. The van der Waals surface area contributed by atoms with Crippen molar-refractivity contribution in [2.24, 2.45) is 0 Å². The minimum Gasteiger partial charge on any atom is -0.496 e. The third kappa shape index (κ3) is 3.39. The van der Waals surface area contributed by atoms with Gasteiger partial charge in [-0.05, 0) is 6.07 Å². The van der Waals surface area contributed by atoms with Gasteiger partial charge in [0, 0.05) is 24.4 Å². The fourth-order valence-corrected chi connectivity index (χ4v) is 2.07. The minimum absolute atomic E-state index is 0.209. The van der Waals surface area contributed by atoms with Crippen LogP contribution in [-0.2, 0) is 21.2 Å². The van der Waals surface area contributed by atoms with Crippen LogP contribution in [0.5, 0.6) is 5.75 Å². The largest absolute Gasteiger partial charge is 0.496 e. The van der Waals surface area contributed by atoms with Crippen molar-refractivity contribution in [3.63, 3.8) is 0 Å². The zero-order chi connectivity index (χ0) is 13.1. The Balaban J connectivity index is 3.25. The highest BCUT2D eigenvalue weighted by Crippen LogP contribution is 2.25. The Morgan fingerprint density at radius 3 is 2.47 bits per heavy atom. The Hall–Kier alpha value is -1.18. The fraction of sp³-hybridized carbons (Fsp3) is 0.400.